The van der Waals surface area contributed by atoms with Crippen LogP contribution >= 0.6 is 0 Å². The summed E-state index contributed by atoms with van der Waals surface area (Å²) in [5.41, 5.74) is 4.88. The molecule has 1 aromatic carbocycles. The summed E-state index contributed by atoms with van der Waals surface area (Å²) in [7, 11) is 0. The number of hydrogen-bond acceptors (Lipinski definition) is 6. The number of rotatable bonds is 7. The lowest BCUT2D eigenvalue weighted by molar-refractivity contribution is -0.116. The standard InChI is InChI=1S/C31H27F2N7O/c1-2-3-8-25(41)38-21-13-19(14-34-15-21)23-16-35-30-26(27(23)33)29(36-17-37-30)31-39-24-7-5-4-6-22(28(24)40-31)18-9-11-20(32)12-10-18/h4-6,9-16H,2-3,7-8,17H2,1H3,(H,35,37)(H,38,41)(H,39,40). The van der Waals surface area contributed by atoms with Crippen LogP contribution in [0.1, 0.15) is 54.5 Å². The molecule has 1 aliphatic heterocycles. The van der Waals surface area contributed by atoms with E-state index in [4.69, 9.17) is 4.98 Å². The Morgan fingerprint density at radius 2 is 1.95 bits per heavy atom. The van der Waals surface area contributed by atoms with E-state index in [2.05, 4.69) is 30.6 Å². The Kier molecular flexibility index (Phi) is 7.20. The van der Waals surface area contributed by atoms with Crippen molar-refractivity contribution >= 4 is 28.7 Å². The number of fused-ring (bicyclic) bond motifs is 2. The molecule has 1 aliphatic carbocycles. The number of imidazole rings is 1. The van der Waals surface area contributed by atoms with Crippen LogP contribution in [0.3, 0.4) is 0 Å². The summed E-state index contributed by atoms with van der Waals surface area (Å²) in [4.78, 5) is 33.7. The first kappa shape index (κ1) is 26.2. The van der Waals surface area contributed by atoms with E-state index >= 15 is 4.39 Å². The van der Waals surface area contributed by atoms with Crippen LogP contribution in [0.25, 0.3) is 16.7 Å². The Hall–Kier alpha value is -4.99. The summed E-state index contributed by atoms with van der Waals surface area (Å²) in [6.07, 6.45) is 13.1. The van der Waals surface area contributed by atoms with E-state index in [1.54, 1.807) is 18.2 Å². The van der Waals surface area contributed by atoms with Crippen molar-refractivity contribution in [3.05, 3.63) is 107 Å². The average molecular weight is 552 g/mol. The van der Waals surface area contributed by atoms with Crippen molar-refractivity contribution in [1.29, 1.82) is 0 Å². The van der Waals surface area contributed by atoms with Crippen molar-refractivity contribution in [3.63, 3.8) is 0 Å². The molecule has 41 heavy (non-hydrogen) atoms. The van der Waals surface area contributed by atoms with Crippen molar-refractivity contribution in [1.82, 2.24) is 19.9 Å². The number of hydrogen-bond donors (Lipinski definition) is 3. The molecule has 206 valence electrons. The molecule has 0 bridgehead atoms. The molecule has 0 unspecified atom stereocenters. The predicted octanol–water partition coefficient (Wildman–Crippen LogP) is 6.04. The van der Waals surface area contributed by atoms with E-state index in [9.17, 15) is 9.18 Å². The monoisotopic (exact) mass is 551 g/mol. The number of pyridine rings is 2. The van der Waals surface area contributed by atoms with E-state index in [1.165, 1.54) is 30.7 Å². The second-order valence-electron chi connectivity index (χ2n) is 9.80. The highest BCUT2D eigenvalue weighted by Crippen LogP contribution is 2.33. The number of carbonyl (C=O) groups excluding carboxylic acids is 1. The van der Waals surface area contributed by atoms with E-state index in [1.807, 2.05) is 25.2 Å². The number of aliphatic imine (C=N–C) groups is 1. The van der Waals surface area contributed by atoms with Crippen LogP contribution in [0.15, 0.2) is 72.1 Å². The van der Waals surface area contributed by atoms with Gasteiger partial charge in [0.15, 0.2) is 5.82 Å². The number of halogens is 2. The molecular formula is C31H27F2N7O. The van der Waals surface area contributed by atoms with Crippen LogP contribution in [0.4, 0.5) is 20.3 Å². The third-order valence-corrected chi connectivity index (χ3v) is 6.96. The molecule has 2 aliphatic rings. The van der Waals surface area contributed by atoms with E-state index in [0.717, 1.165) is 29.7 Å². The van der Waals surface area contributed by atoms with Gasteiger partial charge in [-0.15, -0.1) is 0 Å². The van der Waals surface area contributed by atoms with Crippen LogP contribution < -0.4 is 10.6 Å². The van der Waals surface area contributed by atoms with E-state index in [0.29, 0.717) is 47.1 Å². The van der Waals surface area contributed by atoms with Crippen LogP contribution in [0.5, 0.6) is 0 Å². The molecule has 0 saturated heterocycles. The van der Waals surface area contributed by atoms with Gasteiger partial charge in [0.2, 0.25) is 5.91 Å². The number of aromatic amines is 1. The van der Waals surface area contributed by atoms with Crippen LogP contribution in [-0.4, -0.2) is 38.2 Å². The summed E-state index contributed by atoms with van der Waals surface area (Å²) in [6, 6.07) is 7.92. The Labute approximate surface area is 235 Å². The topological polar surface area (TPSA) is 108 Å². The fourth-order valence-electron chi connectivity index (χ4n) is 4.91. The van der Waals surface area contributed by atoms with Crippen molar-refractivity contribution in [2.45, 2.75) is 32.6 Å². The number of nitrogens with zero attached hydrogens (tertiary/aromatic N) is 4. The Morgan fingerprint density at radius 3 is 2.78 bits per heavy atom. The van der Waals surface area contributed by atoms with Crippen LogP contribution in [0, 0.1) is 11.6 Å². The van der Waals surface area contributed by atoms with Crippen molar-refractivity contribution in [2.24, 2.45) is 4.99 Å². The molecule has 6 rings (SSSR count). The highest BCUT2D eigenvalue weighted by molar-refractivity contribution is 6.15. The van der Waals surface area contributed by atoms with Gasteiger partial charge in [0.25, 0.3) is 0 Å². The summed E-state index contributed by atoms with van der Waals surface area (Å²) in [5.74, 6) is -0.198. The Morgan fingerprint density at radius 1 is 1.10 bits per heavy atom. The van der Waals surface area contributed by atoms with Crippen molar-refractivity contribution < 1.29 is 13.6 Å². The zero-order valence-corrected chi connectivity index (χ0v) is 22.3. The van der Waals surface area contributed by atoms with Crippen molar-refractivity contribution in [3.8, 4) is 11.1 Å². The molecule has 0 fully saturated rings. The molecule has 3 aromatic heterocycles. The van der Waals surface area contributed by atoms with Gasteiger partial charge in [-0.2, -0.15) is 0 Å². The number of nitrogens with one attached hydrogen (secondary N) is 3. The van der Waals surface area contributed by atoms with Gasteiger partial charge in [-0.05, 0) is 30.2 Å². The first-order valence-corrected chi connectivity index (χ1v) is 13.5. The number of H-pyrrole nitrogens is 1. The van der Waals surface area contributed by atoms with Gasteiger partial charge in [0.05, 0.1) is 23.1 Å². The molecule has 10 heteroatoms. The van der Waals surface area contributed by atoms with Gasteiger partial charge in [-0.3, -0.25) is 14.8 Å². The minimum Gasteiger partial charge on any atom is -0.350 e. The van der Waals surface area contributed by atoms with Crippen LogP contribution in [0.2, 0.25) is 0 Å². The van der Waals surface area contributed by atoms with Gasteiger partial charge >= 0.3 is 0 Å². The fraction of sp³-hybridized carbons (Fsp3) is 0.194. The number of aromatic nitrogens is 4. The summed E-state index contributed by atoms with van der Waals surface area (Å²) >= 11 is 0. The zero-order chi connectivity index (χ0) is 28.3. The maximum atomic E-state index is 16.3. The summed E-state index contributed by atoms with van der Waals surface area (Å²) < 4.78 is 29.9. The van der Waals surface area contributed by atoms with Gasteiger partial charge < -0.3 is 15.6 Å². The lowest BCUT2D eigenvalue weighted by Crippen LogP contribution is -2.21. The number of unbranched alkanes of at least 4 members (excludes halogenated alkanes) is 1. The summed E-state index contributed by atoms with van der Waals surface area (Å²) in [6.45, 7) is 2.23. The highest BCUT2D eigenvalue weighted by Gasteiger charge is 2.28. The first-order valence-electron chi connectivity index (χ1n) is 13.5. The number of anilines is 2. The fourth-order valence-corrected chi connectivity index (χ4v) is 4.91. The van der Waals surface area contributed by atoms with Gasteiger partial charge in [0, 0.05) is 47.6 Å². The lowest BCUT2D eigenvalue weighted by Gasteiger charge is -2.19. The number of carbonyl (C=O) groups is 1. The van der Waals surface area contributed by atoms with E-state index in [-0.39, 0.29) is 29.5 Å². The van der Waals surface area contributed by atoms with Gasteiger partial charge in [-0.25, -0.2) is 18.7 Å². The minimum absolute atomic E-state index is 0.116. The van der Waals surface area contributed by atoms with Gasteiger partial charge in [-0.1, -0.05) is 43.7 Å². The Balaban J connectivity index is 1.37. The zero-order valence-electron chi connectivity index (χ0n) is 22.3. The second kappa shape index (κ2) is 11.2. The summed E-state index contributed by atoms with van der Waals surface area (Å²) in [5, 5.41) is 5.87. The maximum absolute atomic E-state index is 16.3. The number of allylic oxidation sites excluding steroid dienone is 3. The maximum Gasteiger partial charge on any atom is 0.224 e. The van der Waals surface area contributed by atoms with Crippen molar-refractivity contribution in [2.75, 3.05) is 17.3 Å². The molecule has 8 nitrogen and oxygen atoms in total. The molecule has 1 amide bonds. The third-order valence-electron chi connectivity index (χ3n) is 6.96. The molecule has 0 spiro atoms. The molecule has 0 saturated carbocycles. The largest absolute Gasteiger partial charge is 0.350 e. The number of benzene rings is 1. The molecule has 4 aromatic rings. The third kappa shape index (κ3) is 5.28. The molecule has 0 radical (unpaired) electrons. The smallest absolute Gasteiger partial charge is 0.224 e. The predicted molar refractivity (Wildman–Crippen MR) is 155 cm³/mol. The second-order valence-corrected chi connectivity index (χ2v) is 9.80. The highest BCUT2D eigenvalue weighted by atomic mass is 19.1. The normalized spacial score (nSPS) is 13.8. The number of amides is 1. The molecular weight excluding hydrogens is 524 g/mol. The molecule has 4 heterocycles. The minimum atomic E-state index is -0.530. The first-order chi connectivity index (χ1) is 20.0. The lowest BCUT2D eigenvalue weighted by atomic mass is 10.0. The Bertz CT molecular complexity index is 1720. The van der Waals surface area contributed by atoms with Crippen LogP contribution in [-0.2, 0) is 11.2 Å². The SMILES string of the molecule is CCCCC(=O)Nc1cncc(-c2cnc3c(c2F)C(c2nc4c([nH]2)CC=CC=C4c2ccc(F)cc2)=NCN3)c1. The molecule has 0 atom stereocenters. The van der Waals surface area contributed by atoms with E-state index < -0.39 is 5.82 Å². The molecule has 3 N–H and O–H groups in total. The average Bonchev–Trinajstić information content (AvgIpc) is 3.30. The quantitative estimate of drug-likeness (QED) is 0.260. The van der Waals surface area contributed by atoms with Gasteiger partial charge in [0.1, 0.15) is 29.8 Å².